The lowest BCUT2D eigenvalue weighted by molar-refractivity contribution is -0.157. The first-order valence-corrected chi connectivity index (χ1v) is 6.32. The van der Waals surface area contributed by atoms with Gasteiger partial charge in [0.1, 0.15) is 11.6 Å². The average Bonchev–Trinajstić information content (AvgIpc) is 2.60. The summed E-state index contributed by atoms with van der Waals surface area (Å²) in [6, 6.07) is -0.112. The molecule has 0 saturated carbocycles. The first-order chi connectivity index (χ1) is 7.32. The molecule has 0 amide bonds. The average molecular weight is 227 g/mol. The van der Waals surface area contributed by atoms with Crippen molar-refractivity contribution in [1.29, 1.82) is 0 Å². The summed E-state index contributed by atoms with van der Waals surface area (Å²) in [6.07, 6.45) is 4.12. The van der Waals surface area contributed by atoms with Crippen molar-refractivity contribution in [2.75, 3.05) is 0 Å². The van der Waals surface area contributed by atoms with Gasteiger partial charge in [-0.25, -0.2) is 0 Å². The summed E-state index contributed by atoms with van der Waals surface area (Å²) in [5.41, 5.74) is -0.232. The highest BCUT2D eigenvalue weighted by atomic mass is 16.6. The Hall–Kier alpha value is -0.570. The number of hydrogen-bond donors (Lipinski definition) is 1. The van der Waals surface area contributed by atoms with Crippen LogP contribution >= 0.6 is 0 Å². The minimum absolute atomic E-state index is 0.101. The maximum Gasteiger partial charge on any atom is 0.323 e. The van der Waals surface area contributed by atoms with Crippen molar-refractivity contribution >= 4 is 5.97 Å². The molecule has 1 fully saturated rings. The number of hydrogen-bond acceptors (Lipinski definition) is 3. The smallest absolute Gasteiger partial charge is 0.323 e. The molecule has 1 aliphatic heterocycles. The van der Waals surface area contributed by atoms with E-state index in [9.17, 15) is 4.79 Å². The van der Waals surface area contributed by atoms with Crippen LogP contribution in [0.2, 0.25) is 0 Å². The molecule has 0 aromatic carbocycles. The predicted octanol–water partition coefficient (Wildman–Crippen LogP) is 2.64. The fourth-order valence-electron chi connectivity index (χ4n) is 2.29. The molecule has 0 radical (unpaired) electrons. The van der Waals surface area contributed by atoms with Crippen molar-refractivity contribution in [3.05, 3.63) is 0 Å². The molecule has 16 heavy (non-hydrogen) atoms. The highest BCUT2D eigenvalue weighted by Crippen LogP contribution is 2.30. The number of nitrogens with one attached hydrogen (secondary N) is 1. The van der Waals surface area contributed by atoms with E-state index in [4.69, 9.17) is 4.74 Å². The molecule has 0 aromatic heterocycles. The number of carbonyl (C=O) groups excluding carboxylic acids is 1. The van der Waals surface area contributed by atoms with Crippen molar-refractivity contribution in [2.24, 2.45) is 0 Å². The summed E-state index contributed by atoms with van der Waals surface area (Å²) in [5.74, 6) is -0.101. The highest BCUT2D eigenvalue weighted by Gasteiger charge is 2.40. The Morgan fingerprint density at radius 1 is 1.38 bits per heavy atom. The number of esters is 1. The molecule has 1 heterocycles. The lowest BCUT2D eigenvalue weighted by atomic mass is 9.91. The summed E-state index contributed by atoms with van der Waals surface area (Å²) < 4.78 is 5.40. The van der Waals surface area contributed by atoms with Crippen LogP contribution in [0.3, 0.4) is 0 Å². The van der Waals surface area contributed by atoms with Gasteiger partial charge in [-0.05, 0) is 46.5 Å². The fourth-order valence-corrected chi connectivity index (χ4v) is 2.29. The van der Waals surface area contributed by atoms with E-state index in [0.717, 1.165) is 25.7 Å². The van der Waals surface area contributed by atoms with E-state index in [1.807, 2.05) is 20.8 Å². The third kappa shape index (κ3) is 3.21. The summed E-state index contributed by atoms with van der Waals surface area (Å²) in [5, 5.41) is 3.45. The maximum absolute atomic E-state index is 11.9. The van der Waals surface area contributed by atoms with Crippen LogP contribution in [0.15, 0.2) is 0 Å². The number of ether oxygens (including phenoxy) is 1. The van der Waals surface area contributed by atoms with Gasteiger partial charge in [-0.2, -0.15) is 0 Å². The monoisotopic (exact) mass is 227 g/mol. The third-order valence-electron chi connectivity index (χ3n) is 3.44. The molecule has 0 bridgehead atoms. The molecule has 94 valence electrons. The molecule has 1 aliphatic rings. The van der Waals surface area contributed by atoms with Crippen LogP contribution in [0.5, 0.6) is 0 Å². The lowest BCUT2D eigenvalue weighted by Crippen LogP contribution is -2.46. The first-order valence-electron chi connectivity index (χ1n) is 6.32. The first kappa shape index (κ1) is 13.5. The van der Waals surface area contributed by atoms with Gasteiger partial charge in [0.15, 0.2) is 0 Å². The molecular formula is C13H25NO2. The van der Waals surface area contributed by atoms with Crippen LogP contribution in [0.4, 0.5) is 0 Å². The molecule has 1 saturated heterocycles. The minimum atomic E-state index is -0.386. The predicted molar refractivity (Wildman–Crippen MR) is 65.3 cm³/mol. The third-order valence-corrected chi connectivity index (χ3v) is 3.44. The van der Waals surface area contributed by atoms with Gasteiger partial charge in [-0.3, -0.25) is 10.1 Å². The Kier molecular flexibility index (Phi) is 4.00. The zero-order valence-corrected chi connectivity index (χ0v) is 11.2. The zero-order chi connectivity index (χ0) is 12.4. The topological polar surface area (TPSA) is 38.3 Å². The Morgan fingerprint density at radius 2 is 1.94 bits per heavy atom. The Labute approximate surface area is 98.9 Å². The van der Waals surface area contributed by atoms with Gasteiger partial charge in [0.25, 0.3) is 0 Å². The molecule has 1 unspecified atom stereocenters. The van der Waals surface area contributed by atoms with E-state index in [2.05, 4.69) is 19.2 Å². The maximum atomic E-state index is 11.9. The van der Waals surface area contributed by atoms with E-state index in [-0.39, 0.29) is 23.2 Å². The largest absolute Gasteiger partial charge is 0.459 e. The quantitative estimate of drug-likeness (QED) is 0.753. The van der Waals surface area contributed by atoms with Gasteiger partial charge in [0, 0.05) is 5.54 Å². The Bertz CT molecular complexity index is 251. The van der Waals surface area contributed by atoms with E-state index in [1.54, 1.807) is 0 Å². The normalized spacial score (nSPS) is 24.4. The van der Waals surface area contributed by atoms with Crippen molar-refractivity contribution < 1.29 is 9.53 Å². The lowest BCUT2D eigenvalue weighted by Gasteiger charge is -2.28. The van der Waals surface area contributed by atoms with Gasteiger partial charge in [-0.15, -0.1) is 0 Å². The van der Waals surface area contributed by atoms with Gasteiger partial charge < -0.3 is 4.74 Å². The van der Waals surface area contributed by atoms with Crippen LogP contribution < -0.4 is 5.32 Å². The van der Waals surface area contributed by atoms with Crippen LogP contribution in [-0.4, -0.2) is 23.2 Å². The van der Waals surface area contributed by atoms with E-state index in [1.165, 1.54) is 0 Å². The molecular weight excluding hydrogens is 202 g/mol. The van der Waals surface area contributed by atoms with E-state index < -0.39 is 0 Å². The van der Waals surface area contributed by atoms with Crippen LogP contribution in [0, 0.1) is 0 Å². The fraction of sp³-hybridized carbons (Fsp3) is 0.923. The van der Waals surface area contributed by atoms with E-state index in [0.29, 0.717) is 0 Å². The van der Waals surface area contributed by atoms with Crippen LogP contribution in [0.1, 0.15) is 60.3 Å². The van der Waals surface area contributed by atoms with Crippen LogP contribution in [-0.2, 0) is 9.53 Å². The second kappa shape index (κ2) is 4.74. The molecule has 0 aromatic rings. The van der Waals surface area contributed by atoms with Crippen molar-refractivity contribution in [2.45, 2.75) is 77.5 Å². The minimum Gasteiger partial charge on any atom is -0.459 e. The summed E-state index contributed by atoms with van der Waals surface area (Å²) in [7, 11) is 0. The summed E-state index contributed by atoms with van der Waals surface area (Å²) in [6.45, 7) is 10.1. The Balaban J connectivity index is 2.56. The summed E-state index contributed by atoms with van der Waals surface area (Å²) in [4.78, 5) is 11.9. The Morgan fingerprint density at radius 3 is 2.31 bits per heavy atom. The second-order valence-corrected chi connectivity index (χ2v) is 5.76. The van der Waals surface area contributed by atoms with Gasteiger partial charge in [0.05, 0.1) is 0 Å². The van der Waals surface area contributed by atoms with Gasteiger partial charge in [0.2, 0.25) is 0 Å². The molecule has 1 rings (SSSR count). The number of rotatable bonds is 3. The highest BCUT2D eigenvalue weighted by molar-refractivity contribution is 5.76. The van der Waals surface area contributed by atoms with Gasteiger partial charge in [-0.1, -0.05) is 13.8 Å². The van der Waals surface area contributed by atoms with Crippen LogP contribution in [0.25, 0.3) is 0 Å². The standard InChI is InChI=1S/C13H25NO2/c1-6-13(7-2)9-8-10(14-13)11(15)16-12(3,4)5/h10,14H,6-9H2,1-5H3. The van der Waals surface area contributed by atoms with Gasteiger partial charge >= 0.3 is 5.97 Å². The van der Waals surface area contributed by atoms with Crippen molar-refractivity contribution in [3.8, 4) is 0 Å². The molecule has 1 atom stereocenters. The molecule has 3 heteroatoms. The molecule has 0 spiro atoms. The van der Waals surface area contributed by atoms with Crippen molar-refractivity contribution in [3.63, 3.8) is 0 Å². The van der Waals surface area contributed by atoms with Crippen molar-refractivity contribution in [1.82, 2.24) is 5.32 Å². The zero-order valence-electron chi connectivity index (χ0n) is 11.2. The second-order valence-electron chi connectivity index (χ2n) is 5.76. The molecule has 1 N–H and O–H groups in total. The molecule has 3 nitrogen and oxygen atoms in total. The SMILES string of the molecule is CCC1(CC)CCC(C(=O)OC(C)(C)C)N1. The molecule has 0 aliphatic carbocycles. The van der Waals surface area contributed by atoms with E-state index >= 15 is 0 Å². The number of carbonyl (C=O) groups is 1. The summed E-state index contributed by atoms with van der Waals surface area (Å²) >= 11 is 0.